The van der Waals surface area contributed by atoms with Crippen molar-refractivity contribution in [3.05, 3.63) is 0 Å². The lowest BCUT2D eigenvalue weighted by Crippen LogP contribution is -2.47. The highest BCUT2D eigenvalue weighted by Gasteiger charge is 2.25. The molecule has 2 aliphatic rings. The predicted octanol–water partition coefficient (Wildman–Crippen LogP) is 1.97. The van der Waals surface area contributed by atoms with Crippen LogP contribution in [0, 0.1) is 5.92 Å². The highest BCUT2D eigenvalue weighted by Crippen LogP contribution is 2.25. The normalized spacial score (nSPS) is 26.9. The number of likely N-dealkylation sites (N-methyl/N-ethyl adjacent to an activating group) is 1. The Labute approximate surface area is 118 Å². The van der Waals surface area contributed by atoms with Gasteiger partial charge in [-0.25, -0.2) is 13.1 Å². The molecule has 1 heterocycles. The highest BCUT2D eigenvalue weighted by molar-refractivity contribution is 7.89. The molecule has 1 aliphatic carbocycles. The maximum atomic E-state index is 12.1. The second-order valence-corrected chi connectivity index (χ2v) is 7.91. The maximum Gasteiger partial charge on any atom is 0.211 e. The van der Waals surface area contributed by atoms with Gasteiger partial charge >= 0.3 is 0 Å². The molecule has 112 valence electrons. The van der Waals surface area contributed by atoms with Crippen LogP contribution in [0.25, 0.3) is 0 Å². The van der Waals surface area contributed by atoms with Crippen molar-refractivity contribution in [3.63, 3.8) is 0 Å². The number of sulfonamides is 1. The largest absolute Gasteiger partial charge is 0.299 e. The third-order valence-electron chi connectivity index (χ3n) is 4.62. The van der Waals surface area contributed by atoms with Crippen LogP contribution in [0.15, 0.2) is 0 Å². The molecule has 0 aromatic heterocycles. The fraction of sp³-hybridized carbons (Fsp3) is 1.00. The van der Waals surface area contributed by atoms with Crippen LogP contribution in [0.2, 0.25) is 0 Å². The average molecular weight is 288 g/mol. The molecule has 0 bridgehead atoms. The molecule has 4 nitrogen and oxygen atoms in total. The third-order valence-corrected chi connectivity index (χ3v) is 6.14. The number of hydrogen-bond donors (Lipinski definition) is 1. The van der Waals surface area contributed by atoms with Crippen LogP contribution in [-0.2, 0) is 10.0 Å². The fourth-order valence-corrected chi connectivity index (χ4v) is 5.00. The number of rotatable bonds is 6. The first-order valence-corrected chi connectivity index (χ1v) is 9.47. The van der Waals surface area contributed by atoms with Gasteiger partial charge in [0, 0.05) is 12.6 Å². The number of nitrogens with zero attached hydrogens (tertiary/aromatic N) is 1. The van der Waals surface area contributed by atoms with E-state index in [1.54, 1.807) is 0 Å². The van der Waals surface area contributed by atoms with Gasteiger partial charge < -0.3 is 0 Å². The Morgan fingerprint density at radius 2 is 1.79 bits per heavy atom. The second kappa shape index (κ2) is 7.04. The predicted molar refractivity (Wildman–Crippen MR) is 78.6 cm³/mol. The molecule has 1 saturated carbocycles. The van der Waals surface area contributed by atoms with E-state index in [4.69, 9.17) is 0 Å². The van der Waals surface area contributed by atoms with Crippen molar-refractivity contribution in [1.82, 2.24) is 9.62 Å². The number of piperidine rings is 1. The Hall–Kier alpha value is -0.130. The van der Waals surface area contributed by atoms with Crippen molar-refractivity contribution in [1.29, 1.82) is 0 Å². The summed E-state index contributed by atoms with van der Waals surface area (Å²) in [6.45, 7) is 4.90. The molecule has 1 saturated heterocycles. The van der Waals surface area contributed by atoms with Gasteiger partial charge in [0.25, 0.3) is 0 Å². The maximum absolute atomic E-state index is 12.1. The van der Waals surface area contributed by atoms with Crippen molar-refractivity contribution in [3.8, 4) is 0 Å². The van der Waals surface area contributed by atoms with Gasteiger partial charge in [-0.05, 0) is 44.7 Å². The molecular weight excluding hydrogens is 260 g/mol. The van der Waals surface area contributed by atoms with Crippen LogP contribution in [-0.4, -0.2) is 44.7 Å². The minimum atomic E-state index is -3.07. The smallest absolute Gasteiger partial charge is 0.211 e. The molecule has 2 rings (SSSR count). The minimum absolute atomic E-state index is 0.339. The average Bonchev–Trinajstić information content (AvgIpc) is 2.89. The summed E-state index contributed by atoms with van der Waals surface area (Å²) < 4.78 is 27.0. The molecule has 2 fully saturated rings. The molecule has 19 heavy (non-hydrogen) atoms. The van der Waals surface area contributed by atoms with E-state index in [0.717, 1.165) is 32.4 Å². The van der Waals surface area contributed by atoms with Gasteiger partial charge in [-0.2, -0.15) is 0 Å². The van der Waals surface area contributed by atoms with Crippen molar-refractivity contribution in [2.45, 2.75) is 57.9 Å². The number of nitrogens with one attached hydrogen (secondary N) is 1. The molecule has 0 aromatic rings. The summed E-state index contributed by atoms with van der Waals surface area (Å²) in [5.41, 5.74) is 0. The van der Waals surface area contributed by atoms with Gasteiger partial charge in [-0.3, -0.25) is 4.90 Å². The molecular formula is C14H28N2O2S. The standard InChI is InChI=1S/C14H28N2O2S/c1-2-16-10-6-5-9-14(16)11-15-19(17,18)12-13-7-3-4-8-13/h13-15H,2-12H2,1H3. The van der Waals surface area contributed by atoms with E-state index in [9.17, 15) is 8.42 Å². The number of hydrogen-bond acceptors (Lipinski definition) is 3. The summed E-state index contributed by atoms with van der Waals surface area (Å²) in [6.07, 6.45) is 8.18. The summed E-state index contributed by atoms with van der Waals surface area (Å²) in [5, 5.41) is 0. The first kappa shape index (κ1) is 15.3. The SMILES string of the molecule is CCN1CCCCC1CNS(=O)(=O)CC1CCCC1. The van der Waals surface area contributed by atoms with Gasteiger partial charge in [0.05, 0.1) is 5.75 Å². The molecule has 0 spiro atoms. The molecule has 0 amide bonds. The van der Waals surface area contributed by atoms with Crippen LogP contribution < -0.4 is 4.72 Å². The van der Waals surface area contributed by atoms with Crippen LogP contribution in [0.5, 0.6) is 0 Å². The topological polar surface area (TPSA) is 49.4 Å². The summed E-state index contributed by atoms with van der Waals surface area (Å²) in [6, 6.07) is 0.400. The number of likely N-dealkylation sites (tertiary alicyclic amines) is 1. The van der Waals surface area contributed by atoms with E-state index in [1.165, 1.54) is 25.7 Å². The molecule has 1 atom stereocenters. The molecule has 5 heteroatoms. The molecule has 1 unspecified atom stereocenters. The van der Waals surface area contributed by atoms with E-state index < -0.39 is 10.0 Å². The van der Waals surface area contributed by atoms with Crippen molar-refractivity contribution in [2.24, 2.45) is 5.92 Å². The fourth-order valence-electron chi connectivity index (χ4n) is 3.48. The van der Waals surface area contributed by atoms with Crippen LogP contribution >= 0.6 is 0 Å². The van der Waals surface area contributed by atoms with E-state index in [-0.39, 0.29) is 0 Å². The molecule has 1 aliphatic heterocycles. The monoisotopic (exact) mass is 288 g/mol. The molecule has 0 radical (unpaired) electrons. The lowest BCUT2D eigenvalue weighted by Gasteiger charge is -2.34. The van der Waals surface area contributed by atoms with E-state index in [0.29, 0.717) is 24.3 Å². The highest BCUT2D eigenvalue weighted by atomic mass is 32.2. The van der Waals surface area contributed by atoms with Crippen molar-refractivity contribution >= 4 is 10.0 Å². The van der Waals surface area contributed by atoms with Crippen LogP contribution in [0.1, 0.15) is 51.9 Å². The van der Waals surface area contributed by atoms with E-state index >= 15 is 0 Å². The summed E-state index contributed by atoms with van der Waals surface area (Å²) >= 11 is 0. The van der Waals surface area contributed by atoms with Gasteiger partial charge in [0.1, 0.15) is 0 Å². The van der Waals surface area contributed by atoms with Crippen molar-refractivity contribution < 1.29 is 8.42 Å². The summed E-state index contributed by atoms with van der Waals surface area (Å²) in [5.74, 6) is 0.734. The quantitative estimate of drug-likeness (QED) is 0.813. The van der Waals surface area contributed by atoms with Gasteiger partial charge in [-0.15, -0.1) is 0 Å². The zero-order chi connectivity index (χ0) is 13.7. The Bertz CT molecular complexity index is 364. The Balaban J connectivity index is 1.79. The Morgan fingerprint density at radius 3 is 2.47 bits per heavy atom. The molecule has 1 N–H and O–H groups in total. The Morgan fingerprint density at radius 1 is 1.11 bits per heavy atom. The van der Waals surface area contributed by atoms with Crippen LogP contribution in [0.4, 0.5) is 0 Å². The summed E-state index contributed by atoms with van der Waals surface area (Å²) in [7, 11) is -3.07. The van der Waals surface area contributed by atoms with E-state index in [1.807, 2.05) is 0 Å². The zero-order valence-corrected chi connectivity index (χ0v) is 12.9. The second-order valence-electron chi connectivity index (χ2n) is 6.06. The van der Waals surface area contributed by atoms with Crippen LogP contribution in [0.3, 0.4) is 0 Å². The van der Waals surface area contributed by atoms with Gasteiger partial charge in [-0.1, -0.05) is 26.2 Å². The summed E-state index contributed by atoms with van der Waals surface area (Å²) in [4.78, 5) is 2.40. The van der Waals surface area contributed by atoms with Gasteiger partial charge in [0.2, 0.25) is 10.0 Å². The lowest BCUT2D eigenvalue weighted by molar-refractivity contribution is 0.158. The first-order chi connectivity index (χ1) is 9.11. The minimum Gasteiger partial charge on any atom is -0.299 e. The first-order valence-electron chi connectivity index (χ1n) is 7.82. The zero-order valence-electron chi connectivity index (χ0n) is 12.1. The molecule has 0 aromatic carbocycles. The third kappa shape index (κ3) is 4.72. The van der Waals surface area contributed by atoms with Gasteiger partial charge in [0.15, 0.2) is 0 Å². The Kier molecular flexibility index (Phi) is 5.66. The van der Waals surface area contributed by atoms with E-state index in [2.05, 4.69) is 16.5 Å². The lowest BCUT2D eigenvalue weighted by atomic mass is 10.0. The van der Waals surface area contributed by atoms with Crippen molar-refractivity contribution in [2.75, 3.05) is 25.4 Å².